The van der Waals surface area contributed by atoms with Crippen molar-refractivity contribution in [1.29, 1.82) is 0 Å². The monoisotopic (exact) mass is 290 g/mol. The van der Waals surface area contributed by atoms with Crippen molar-refractivity contribution in [3.05, 3.63) is 12.7 Å². The van der Waals surface area contributed by atoms with Gasteiger partial charge in [-0.3, -0.25) is 0 Å². The van der Waals surface area contributed by atoms with Crippen molar-refractivity contribution in [2.75, 3.05) is 13.2 Å². The molecule has 19 heavy (non-hydrogen) atoms. The van der Waals surface area contributed by atoms with Crippen LogP contribution in [-0.2, 0) is 22.8 Å². The first-order chi connectivity index (χ1) is 8.95. The van der Waals surface area contributed by atoms with Crippen LogP contribution in [0.15, 0.2) is 12.7 Å². The molecular weight excluding hydrogens is 264 g/mol. The first kappa shape index (κ1) is 18.3. The second-order valence-corrected chi connectivity index (χ2v) is 6.84. The van der Waals surface area contributed by atoms with Gasteiger partial charge in [0.05, 0.1) is 0 Å². The molecule has 0 saturated carbocycles. The van der Waals surface area contributed by atoms with Crippen molar-refractivity contribution >= 4 is 14.8 Å². The van der Waals surface area contributed by atoms with E-state index in [9.17, 15) is 4.79 Å². The van der Waals surface area contributed by atoms with Crippen LogP contribution in [0, 0.1) is 0 Å². The molecule has 0 aliphatic carbocycles. The van der Waals surface area contributed by atoms with E-state index >= 15 is 0 Å². The highest BCUT2D eigenvalue weighted by Gasteiger charge is 2.52. The Balaban J connectivity index is 5.20. The lowest BCUT2D eigenvalue weighted by Crippen LogP contribution is -2.59. The zero-order valence-corrected chi connectivity index (χ0v) is 13.6. The Morgan fingerprint density at radius 2 is 1.74 bits per heavy atom. The fourth-order valence-corrected chi connectivity index (χ4v) is 4.66. The minimum Gasteiger partial charge on any atom is -0.455 e. The predicted molar refractivity (Wildman–Crippen MR) is 75.6 cm³/mol. The van der Waals surface area contributed by atoms with Gasteiger partial charge in [-0.05, 0) is 34.1 Å². The number of esters is 1. The van der Waals surface area contributed by atoms with Crippen LogP contribution in [0.3, 0.4) is 0 Å². The molecule has 0 saturated heterocycles. The van der Waals surface area contributed by atoms with E-state index in [2.05, 4.69) is 6.58 Å². The number of hydrogen-bond acceptors (Lipinski definition) is 5. The van der Waals surface area contributed by atoms with Gasteiger partial charge >= 0.3 is 14.8 Å². The average molecular weight is 290 g/mol. The van der Waals surface area contributed by atoms with E-state index in [-0.39, 0.29) is 6.10 Å². The number of carbonyl (C=O) groups is 1. The van der Waals surface area contributed by atoms with Crippen LogP contribution >= 0.6 is 0 Å². The van der Waals surface area contributed by atoms with Crippen LogP contribution in [0.5, 0.6) is 0 Å². The number of hydrogen-bond donors (Lipinski definition) is 0. The molecule has 0 rings (SSSR count). The number of carbonyl (C=O) groups excluding carboxylic acids is 1. The van der Waals surface area contributed by atoms with E-state index in [1.165, 1.54) is 0 Å². The zero-order chi connectivity index (χ0) is 14.9. The molecule has 0 unspecified atom stereocenters. The third-order valence-corrected chi connectivity index (χ3v) is 5.78. The highest BCUT2D eigenvalue weighted by molar-refractivity contribution is 6.62. The van der Waals surface area contributed by atoms with Crippen molar-refractivity contribution < 1.29 is 22.8 Å². The van der Waals surface area contributed by atoms with Gasteiger partial charge in [0, 0.05) is 25.4 Å². The standard InChI is InChI=1S/C13H26O5Si/c1-7-12(14)17-13(8-2)19(15-9-3,16-10-4)18-11(5)6/h7,11,13H,1,8-10H2,2-6H3/t13-/m1/s1. The Labute approximate surface area is 117 Å². The van der Waals surface area contributed by atoms with Crippen LogP contribution in [0.2, 0.25) is 0 Å². The van der Waals surface area contributed by atoms with Crippen LogP contribution in [0.25, 0.3) is 0 Å². The lowest BCUT2D eigenvalue weighted by molar-refractivity contribution is -0.143. The molecule has 5 nitrogen and oxygen atoms in total. The van der Waals surface area contributed by atoms with Crippen LogP contribution in [-0.4, -0.2) is 39.8 Å². The van der Waals surface area contributed by atoms with Crippen molar-refractivity contribution in [3.63, 3.8) is 0 Å². The minimum atomic E-state index is -3.06. The molecule has 112 valence electrons. The van der Waals surface area contributed by atoms with Gasteiger partial charge in [0.1, 0.15) is 0 Å². The maximum Gasteiger partial charge on any atom is 0.544 e. The molecule has 0 aromatic carbocycles. The molecule has 0 aliphatic heterocycles. The summed E-state index contributed by atoms with van der Waals surface area (Å²) in [7, 11) is -3.06. The molecule has 0 radical (unpaired) electrons. The molecule has 0 aliphatic rings. The zero-order valence-electron chi connectivity index (χ0n) is 12.6. The van der Waals surface area contributed by atoms with Crippen molar-refractivity contribution in [2.45, 2.75) is 52.9 Å². The summed E-state index contributed by atoms with van der Waals surface area (Å²) >= 11 is 0. The molecule has 0 fully saturated rings. The molecule has 0 bridgehead atoms. The first-order valence-electron chi connectivity index (χ1n) is 6.74. The average Bonchev–Trinajstić information content (AvgIpc) is 2.35. The first-order valence-corrected chi connectivity index (χ1v) is 8.54. The largest absolute Gasteiger partial charge is 0.544 e. The summed E-state index contributed by atoms with van der Waals surface area (Å²) in [6, 6.07) is 0. The van der Waals surface area contributed by atoms with E-state index < -0.39 is 20.5 Å². The smallest absolute Gasteiger partial charge is 0.455 e. The van der Waals surface area contributed by atoms with E-state index in [1.807, 2.05) is 34.6 Å². The Hall–Kier alpha value is -0.693. The van der Waals surface area contributed by atoms with Crippen LogP contribution in [0.1, 0.15) is 41.0 Å². The van der Waals surface area contributed by atoms with Gasteiger partial charge in [0.15, 0.2) is 5.73 Å². The summed E-state index contributed by atoms with van der Waals surface area (Å²) in [6.07, 6.45) is 1.63. The highest BCUT2D eigenvalue weighted by atomic mass is 28.4. The molecule has 1 atom stereocenters. The lowest BCUT2D eigenvalue weighted by atomic mass is 10.5. The maximum absolute atomic E-state index is 11.4. The maximum atomic E-state index is 11.4. The Bertz CT molecular complexity index is 274. The van der Waals surface area contributed by atoms with Crippen molar-refractivity contribution in [1.82, 2.24) is 0 Å². The van der Waals surface area contributed by atoms with Gasteiger partial charge in [-0.25, -0.2) is 4.79 Å². The highest BCUT2D eigenvalue weighted by Crippen LogP contribution is 2.22. The number of rotatable bonds is 10. The van der Waals surface area contributed by atoms with Crippen LogP contribution in [0.4, 0.5) is 0 Å². The summed E-state index contributed by atoms with van der Waals surface area (Å²) in [5.74, 6) is -0.490. The minimum absolute atomic E-state index is 0.0683. The summed E-state index contributed by atoms with van der Waals surface area (Å²) < 4.78 is 22.8. The third kappa shape index (κ3) is 5.86. The second kappa shape index (κ2) is 9.25. The van der Waals surface area contributed by atoms with E-state index in [0.29, 0.717) is 19.6 Å². The topological polar surface area (TPSA) is 54.0 Å². The second-order valence-electron chi connectivity index (χ2n) is 4.17. The molecule has 0 aromatic rings. The fourth-order valence-electron chi connectivity index (χ4n) is 1.70. The Morgan fingerprint density at radius 3 is 2.05 bits per heavy atom. The lowest BCUT2D eigenvalue weighted by Gasteiger charge is -2.35. The summed E-state index contributed by atoms with van der Waals surface area (Å²) in [5.41, 5.74) is -0.514. The molecule has 0 aromatic heterocycles. The molecule has 0 spiro atoms. The molecule has 6 heteroatoms. The van der Waals surface area contributed by atoms with E-state index in [4.69, 9.17) is 18.0 Å². The van der Waals surface area contributed by atoms with Gasteiger partial charge in [-0.15, -0.1) is 0 Å². The third-order valence-electron chi connectivity index (χ3n) is 2.28. The molecule has 0 amide bonds. The SMILES string of the molecule is C=CC(=O)O[C@@H](CC)[Si](OCC)(OCC)OC(C)C. The summed E-state index contributed by atoms with van der Waals surface area (Å²) in [4.78, 5) is 11.4. The Morgan fingerprint density at radius 1 is 1.21 bits per heavy atom. The van der Waals surface area contributed by atoms with E-state index in [0.717, 1.165) is 6.08 Å². The van der Waals surface area contributed by atoms with E-state index in [1.54, 1.807) is 0 Å². The van der Waals surface area contributed by atoms with Gasteiger partial charge in [0.25, 0.3) is 0 Å². The van der Waals surface area contributed by atoms with Crippen molar-refractivity contribution in [3.8, 4) is 0 Å². The summed E-state index contributed by atoms with van der Waals surface area (Å²) in [6.45, 7) is 13.7. The molecular formula is C13H26O5Si. The Kier molecular flexibility index (Phi) is 8.91. The molecule has 0 N–H and O–H groups in total. The fraction of sp³-hybridized carbons (Fsp3) is 0.769. The van der Waals surface area contributed by atoms with Gasteiger partial charge in [-0.2, -0.15) is 0 Å². The van der Waals surface area contributed by atoms with Gasteiger partial charge in [-0.1, -0.05) is 13.5 Å². The number of ether oxygens (including phenoxy) is 1. The summed E-state index contributed by atoms with van der Waals surface area (Å²) in [5, 5.41) is 0. The van der Waals surface area contributed by atoms with Gasteiger partial charge < -0.3 is 18.0 Å². The van der Waals surface area contributed by atoms with Crippen molar-refractivity contribution in [2.24, 2.45) is 0 Å². The molecule has 0 heterocycles. The normalized spacial score (nSPS) is 13.4. The van der Waals surface area contributed by atoms with Gasteiger partial charge in [0.2, 0.25) is 0 Å². The quantitative estimate of drug-likeness (QED) is 0.351. The predicted octanol–water partition coefficient (Wildman–Crippen LogP) is 2.47. The van der Waals surface area contributed by atoms with Crippen LogP contribution < -0.4 is 0 Å².